The topological polar surface area (TPSA) is 63.4 Å². The fraction of sp³-hybridized carbons (Fsp3) is 0.364. The maximum Gasteiger partial charge on any atom is 0.254 e. The number of halogens is 1. The lowest BCUT2D eigenvalue weighted by molar-refractivity contribution is 0.0739. The first-order valence-electron chi connectivity index (χ1n) is 9.14. The Bertz CT molecular complexity index is 850. The van der Waals surface area contributed by atoms with Gasteiger partial charge in [0.25, 0.3) is 5.91 Å². The van der Waals surface area contributed by atoms with Crippen molar-refractivity contribution >= 4 is 24.1 Å². The first kappa shape index (κ1) is 21.1. The molecule has 4 nitrogen and oxygen atoms in total. The largest absolute Gasteiger partial charge is 0.336 e. The first-order valence-corrected chi connectivity index (χ1v) is 9.14. The number of nitrogens with zero attached hydrogens (tertiary/aromatic N) is 1. The minimum Gasteiger partial charge on any atom is -0.336 e. The van der Waals surface area contributed by atoms with Crippen LogP contribution in [0.5, 0.6) is 0 Å². The molecule has 0 spiro atoms. The summed E-state index contributed by atoms with van der Waals surface area (Å²) in [4.78, 5) is 28.0. The summed E-state index contributed by atoms with van der Waals surface area (Å²) in [5.41, 5.74) is 9.54. The molecular weight excluding hydrogens is 360 g/mol. The Kier molecular flexibility index (Phi) is 6.79. The molecule has 0 bridgehead atoms. The lowest BCUT2D eigenvalue weighted by Crippen LogP contribution is -2.35. The number of hydrogen-bond donors (Lipinski definition) is 1. The third kappa shape index (κ3) is 4.23. The average molecular weight is 387 g/mol. The summed E-state index contributed by atoms with van der Waals surface area (Å²) in [6.45, 7) is 7.28. The molecule has 1 aliphatic heterocycles. The molecule has 3 rings (SSSR count). The molecule has 1 fully saturated rings. The second-order valence-electron chi connectivity index (χ2n) is 7.32. The minimum atomic E-state index is -0.112. The Hall–Kier alpha value is -2.17. The zero-order chi connectivity index (χ0) is 18.8. The summed E-state index contributed by atoms with van der Waals surface area (Å²) < 4.78 is 0. The van der Waals surface area contributed by atoms with Gasteiger partial charge in [-0.2, -0.15) is 0 Å². The number of carbonyl (C=O) groups excluding carboxylic acids is 2. The van der Waals surface area contributed by atoms with E-state index in [-0.39, 0.29) is 30.1 Å². The Labute approximate surface area is 167 Å². The number of likely N-dealkylation sites (tertiary alicyclic amines) is 1. The van der Waals surface area contributed by atoms with Gasteiger partial charge >= 0.3 is 0 Å². The number of rotatable bonds is 4. The summed E-state index contributed by atoms with van der Waals surface area (Å²) in [5.74, 6) is 0.136. The maximum absolute atomic E-state index is 13.1. The quantitative estimate of drug-likeness (QED) is 0.813. The van der Waals surface area contributed by atoms with Crippen molar-refractivity contribution in [3.05, 3.63) is 70.3 Å². The van der Waals surface area contributed by atoms with Gasteiger partial charge in [0.15, 0.2) is 5.78 Å². The third-order valence-electron chi connectivity index (χ3n) is 5.43. The monoisotopic (exact) mass is 386 g/mol. The SMILES string of the molecule is Cc1ccc(C(=O)c2ccccc2C(=O)N2CC(CN)CC2C)cc1C.Cl. The number of aryl methyl sites for hydroxylation is 2. The van der Waals surface area contributed by atoms with Gasteiger partial charge in [0.05, 0.1) is 5.56 Å². The van der Waals surface area contributed by atoms with Crippen molar-refractivity contribution in [2.24, 2.45) is 11.7 Å². The molecule has 2 aromatic rings. The Morgan fingerprint density at radius 1 is 1.07 bits per heavy atom. The van der Waals surface area contributed by atoms with E-state index in [9.17, 15) is 9.59 Å². The summed E-state index contributed by atoms with van der Waals surface area (Å²) in [7, 11) is 0. The molecule has 0 aromatic heterocycles. The fourth-order valence-corrected chi connectivity index (χ4v) is 3.66. The molecule has 5 heteroatoms. The van der Waals surface area contributed by atoms with Gasteiger partial charge in [-0.05, 0) is 62.9 Å². The molecule has 1 heterocycles. The van der Waals surface area contributed by atoms with E-state index in [4.69, 9.17) is 5.73 Å². The van der Waals surface area contributed by atoms with Gasteiger partial charge in [0, 0.05) is 23.7 Å². The van der Waals surface area contributed by atoms with Crippen LogP contribution in [0, 0.1) is 19.8 Å². The van der Waals surface area contributed by atoms with Gasteiger partial charge in [0.2, 0.25) is 0 Å². The van der Waals surface area contributed by atoms with Crippen molar-refractivity contribution in [2.45, 2.75) is 33.2 Å². The molecule has 144 valence electrons. The Morgan fingerprint density at radius 3 is 2.33 bits per heavy atom. The van der Waals surface area contributed by atoms with Crippen molar-refractivity contribution in [1.82, 2.24) is 4.90 Å². The molecular formula is C22H27ClN2O2. The smallest absolute Gasteiger partial charge is 0.254 e. The van der Waals surface area contributed by atoms with Gasteiger partial charge in [-0.1, -0.05) is 30.3 Å². The summed E-state index contributed by atoms with van der Waals surface area (Å²) >= 11 is 0. The van der Waals surface area contributed by atoms with Gasteiger partial charge in [-0.3, -0.25) is 9.59 Å². The van der Waals surface area contributed by atoms with E-state index >= 15 is 0 Å². The fourth-order valence-electron chi connectivity index (χ4n) is 3.66. The van der Waals surface area contributed by atoms with Crippen molar-refractivity contribution in [3.8, 4) is 0 Å². The standard InChI is InChI=1S/C22H26N2O2.ClH/c1-14-8-9-18(10-15(14)2)21(25)19-6-4-5-7-20(19)22(26)24-13-17(12-23)11-16(24)3;/h4-10,16-17H,11-13,23H2,1-3H3;1H. The van der Waals surface area contributed by atoms with Crippen LogP contribution in [0.25, 0.3) is 0 Å². The number of carbonyl (C=O) groups is 2. The predicted octanol–water partition coefficient (Wildman–Crippen LogP) is 3.77. The maximum atomic E-state index is 13.1. The van der Waals surface area contributed by atoms with E-state index in [0.29, 0.717) is 35.7 Å². The molecule has 27 heavy (non-hydrogen) atoms. The van der Waals surface area contributed by atoms with E-state index in [1.165, 1.54) is 0 Å². The number of ketones is 1. The predicted molar refractivity (Wildman–Crippen MR) is 111 cm³/mol. The van der Waals surface area contributed by atoms with E-state index in [1.807, 2.05) is 49.9 Å². The van der Waals surface area contributed by atoms with Gasteiger partial charge < -0.3 is 10.6 Å². The van der Waals surface area contributed by atoms with Crippen molar-refractivity contribution < 1.29 is 9.59 Å². The molecule has 0 radical (unpaired) electrons. The molecule has 2 N–H and O–H groups in total. The van der Waals surface area contributed by atoms with Crippen LogP contribution in [0.15, 0.2) is 42.5 Å². The van der Waals surface area contributed by atoms with Gasteiger partial charge in [-0.25, -0.2) is 0 Å². The zero-order valence-electron chi connectivity index (χ0n) is 16.1. The van der Waals surface area contributed by atoms with Crippen molar-refractivity contribution in [2.75, 3.05) is 13.1 Å². The highest BCUT2D eigenvalue weighted by molar-refractivity contribution is 6.15. The van der Waals surface area contributed by atoms with E-state index in [1.54, 1.807) is 18.2 Å². The van der Waals surface area contributed by atoms with Crippen molar-refractivity contribution in [1.29, 1.82) is 0 Å². The molecule has 1 aliphatic rings. The molecule has 2 atom stereocenters. The number of nitrogens with two attached hydrogens (primary N) is 1. The highest BCUT2D eigenvalue weighted by Crippen LogP contribution is 2.26. The Morgan fingerprint density at radius 2 is 1.74 bits per heavy atom. The summed E-state index contributed by atoms with van der Waals surface area (Å²) in [6.07, 6.45) is 0.912. The highest BCUT2D eigenvalue weighted by atomic mass is 35.5. The third-order valence-corrected chi connectivity index (χ3v) is 5.43. The normalized spacial score (nSPS) is 18.9. The van der Waals surface area contributed by atoms with Gasteiger partial charge in [0.1, 0.15) is 0 Å². The molecule has 1 saturated heterocycles. The molecule has 2 aromatic carbocycles. The number of benzene rings is 2. The van der Waals surface area contributed by atoms with E-state index < -0.39 is 0 Å². The van der Waals surface area contributed by atoms with Crippen LogP contribution in [0.4, 0.5) is 0 Å². The highest BCUT2D eigenvalue weighted by Gasteiger charge is 2.33. The van der Waals surface area contributed by atoms with Crippen LogP contribution >= 0.6 is 12.4 Å². The van der Waals surface area contributed by atoms with Crippen LogP contribution in [-0.2, 0) is 0 Å². The average Bonchev–Trinajstić information content (AvgIpc) is 3.03. The van der Waals surface area contributed by atoms with Crippen LogP contribution < -0.4 is 5.73 Å². The minimum absolute atomic E-state index is 0. The first-order chi connectivity index (χ1) is 12.4. The summed E-state index contributed by atoms with van der Waals surface area (Å²) in [6, 6.07) is 12.9. The van der Waals surface area contributed by atoms with Crippen LogP contribution in [0.3, 0.4) is 0 Å². The number of amides is 1. The lowest BCUT2D eigenvalue weighted by Gasteiger charge is -2.22. The zero-order valence-corrected chi connectivity index (χ0v) is 16.9. The molecule has 2 unspecified atom stereocenters. The molecule has 1 amide bonds. The second kappa shape index (κ2) is 8.68. The second-order valence-corrected chi connectivity index (χ2v) is 7.32. The van der Waals surface area contributed by atoms with Crippen molar-refractivity contribution in [3.63, 3.8) is 0 Å². The molecule has 0 saturated carbocycles. The number of hydrogen-bond acceptors (Lipinski definition) is 3. The summed E-state index contributed by atoms with van der Waals surface area (Å²) in [5, 5.41) is 0. The van der Waals surface area contributed by atoms with Crippen LogP contribution in [0.1, 0.15) is 50.8 Å². The van der Waals surface area contributed by atoms with E-state index in [2.05, 4.69) is 0 Å². The lowest BCUT2D eigenvalue weighted by atomic mass is 9.95. The van der Waals surface area contributed by atoms with Crippen LogP contribution in [0.2, 0.25) is 0 Å². The van der Waals surface area contributed by atoms with E-state index in [0.717, 1.165) is 17.5 Å². The Balaban J connectivity index is 0.00000261. The van der Waals surface area contributed by atoms with Crippen LogP contribution in [-0.4, -0.2) is 35.7 Å². The van der Waals surface area contributed by atoms with Gasteiger partial charge in [-0.15, -0.1) is 12.4 Å². The molecule has 0 aliphatic carbocycles.